The smallest absolute Gasteiger partial charge is 0.203 e. The monoisotopic (exact) mass is 360 g/mol. The second-order valence-electron chi connectivity index (χ2n) is 5.17. The van der Waals surface area contributed by atoms with Crippen molar-refractivity contribution in [1.82, 2.24) is 0 Å². The summed E-state index contributed by atoms with van der Waals surface area (Å²) in [6.07, 6.45) is 3.88. The van der Waals surface area contributed by atoms with Gasteiger partial charge in [0.05, 0.1) is 28.4 Å². The van der Waals surface area contributed by atoms with Crippen molar-refractivity contribution in [2.45, 2.75) is 20.8 Å². The number of ether oxygens (including phenoxy) is 4. The molecule has 0 unspecified atom stereocenters. The average Bonchev–Trinajstić information content (AvgIpc) is 2.67. The SMILES string of the molecule is CC.COc1cc(/C=C\c2cc(OC)c(OC)c(OC)c2)c(C)cc1O. The normalized spacial score (nSPS) is 10.1. The third kappa shape index (κ3) is 4.85. The van der Waals surface area contributed by atoms with Gasteiger partial charge in [-0.15, -0.1) is 0 Å². The van der Waals surface area contributed by atoms with Gasteiger partial charge in [-0.05, 0) is 47.9 Å². The number of rotatable bonds is 6. The molecule has 0 saturated carbocycles. The molecule has 0 atom stereocenters. The fourth-order valence-electron chi connectivity index (χ4n) is 2.42. The molecule has 2 rings (SSSR count). The van der Waals surface area contributed by atoms with E-state index in [-0.39, 0.29) is 5.75 Å². The summed E-state index contributed by atoms with van der Waals surface area (Å²) in [5.74, 6) is 2.30. The molecular weight excluding hydrogens is 332 g/mol. The number of methoxy groups -OCH3 is 4. The van der Waals surface area contributed by atoms with E-state index >= 15 is 0 Å². The summed E-state index contributed by atoms with van der Waals surface area (Å²) >= 11 is 0. The van der Waals surface area contributed by atoms with Gasteiger partial charge < -0.3 is 24.1 Å². The van der Waals surface area contributed by atoms with Crippen LogP contribution >= 0.6 is 0 Å². The molecule has 0 spiro atoms. The summed E-state index contributed by atoms with van der Waals surface area (Å²) in [5, 5.41) is 9.80. The molecule has 5 heteroatoms. The fraction of sp³-hybridized carbons (Fsp3) is 0.333. The van der Waals surface area contributed by atoms with Crippen molar-refractivity contribution in [1.29, 1.82) is 0 Å². The van der Waals surface area contributed by atoms with Gasteiger partial charge in [0.2, 0.25) is 5.75 Å². The summed E-state index contributed by atoms with van der Waals surface area (Å²) in [6.45, 7) is 5.92. The lowest BCUT2D eigenvalue weighted by Gasteiger charge is -2.13. The van der Waals surface area contributed by atoms with Crippen LogP contribution in [0, 0.1) is 6.92 Å². The Kier molecular flexibility index (Phi) is 8.35. The zero-order valence-electron chi connectivity index (χ0n) is 16.5. The lowest BCUT2D eigenvalue weighted by molar-refractivity contribution is 0.324. The maximum Gasteiger partial charge on any atom is 0.203 e. The van der Waals surface area contributed by atoms with E-state index < -0.39 is 0 Å². The maximum atomic E-state index is 9.80. The third-order valence-electron chi connectivity index (χ3n) is 3.71. The van der Waals surface area contributed by atoms with Crippen molar-refractivity contribution in [3.05, 3.63) is 41.0 Å². The second kappa shape index (κ2) is 10.2. The van der Waals surface area contributed by atoms with Crippen LogP contribution in [0.1, 0.15) is 30.5 Å². The van der Waals surface area contributed by atoms with Gasteiger partial charge in [0.25, 0.3) is 0 Å². The molecule has 0 aromatic heterocycles. The number of phenols is 1. The lowest BCUT2D eigenvalue weighted by Crippen LogP contribution is -1.95. The highest BCUT2D eigenvalue weighted by atomic mass is 16.5. The summed E-state index contributed by atoms with van der Waals surface area (Å²) in [4.78, 5) is 0. The van der Waals surface area contributed by atoms with Crippen LogP contribution in [0.5, 0.6) is 28.7 Å². The molecule has 0 amide bonds. The molecule has 5 nitrogen and oxygen atoms in total. The predicted molar refractivity (Wildman–Crippen MR) is 106 cm³/mol. The molecule has 0 saturated heterocycles. The van der Waals surface area contributed by atoms with Crippen molar-refractivity contribution in [2.24, 2.45) is 0 Å². The van der Waals surface area contributed by atoms with Crippen LogP contribution in [-0.4, -0.2) is 33.5 Å². The number of hydrogen-bond donors (Lipinski definition) is 1. The van der Waals surface area contributed by atoms with Crippen molar-refractivity contribution >= 4 is 12.2 Å². The Morgan fingerprint density at radius 2 is 1.27 bits per heavy atom. The Morgan fingerprint density at radius 1 is 0.731 bits per heavy atom. The van der Waals surface area contributed by atoms with Gasteiger partial charge in [-0.25, -0.2) is 0 Å². The molecule has 0 heterocycles. The number of benzene rings is 2. The molecule has 0 bridgehead atoms. The van der Waals surface area contributed by atoms with E-state index in [0.29, 0.717) is 23.0 Å². The van der Waals surface area contributed by atoms with E-state index in [2.05, 4.69) is 0 Å². The topological polar surface area (TPSA) is 57.2 Å². The van der Waals surface area contributed by atoms with Crippen LogP contribution in [0.4, 0.5) is 0 Å². The van der Waals surface area contributed by atoms with Crippen molar-refractivity contribution in [3.63, 3.8) is 0 Å². The quantitative estimate of drug-likeness (QED) is 0.740. The fourth-order valence-corrected chi connectivity index (χ4v) is 2.42. The van der Waals surface area contributed by atoms with Crippen LogP contribution in [0.2, 0.25) is 0 Å². The molecule has 142 valence electrons. The standard InChI is InChI=1S/C19H22O5.C2H6/c1-12-8-15(20)16(21-2)11-14(12)7-6-13-9-17(22-3)19(24-5)18(10-13)23-4;1-2/h6-11,20H,1-5H3;1-2H3/b7-6-;. The molecule has 0 aliphatic carbocycles. The van der Waals surface area contributed by atoms with Crippen LogP contribution in [0.3, 0.4) is 0 Å². The molecule has 1 N–H and O–H groups in total. The minimum atomic E-state index is 0.125. The largest absolute Gasteiger partial charge is 0.504 e. The highest BCUT2D eigenvalue weighted by molar-refractivity contribution is 5.75. The van der Waals surface area contributed by atoms with Gasteiger partial charge in [-0.3, -0.25) is 0 Å². The van der Waals surface area contributed by atoms with Crippen LogP contribution in [0.15, 0.2) is 24.3 Å². The number of phenolic OH excluding ortho intramolecular Hbond substituents is 1. The van der Waals surface area contributed by atoms with E-state index in [1.54, 1.807) is 33.5 Å². The highest BCUT2D eigenvalue weighted by Gasteiger charge is 2.12. The van der Waals surface area contributed by atoms with Gasteiger partial charge >= 0.3 is 0 Å². The summed E-state index contributed by atoms with van der Waals surface area (Å²) < 4.78 is 21.2. The van der Waals surface area contributed by atoms with Gasteiger partial charge in [0, 0.05) is 0 Å². The molecule has 0 aliphatic heterocycles. The van der Waals surface area contributed by atoms with E-state index in [9.17, 15) is 5.11 Å². The Labute approximate surface area is 155 Å². The van der Waals surface area contributed by atoms with E-state index in [1.807, 2.05) is 45.1 Å². The van der Waals surface area contributed by atoms with Crippen LogP contribution in [0.25, 0.3) is 12.2 Å². The maximum absolute atomic E-state index is 9.80. The highest BCUT2D eigenvalue weighted by Crippen LogP contribution is 2.39. The minimum absolute atomic E-state index is 0.125. The predicted octanol–water partition coefficient (Wildman–Crippen LogP) is 4.93. The van der Waals surface area contributed by atoms with E-state index in [0.717, 1.165) is 16.7 Å². The van der Waals surface area contributed by atoms with Crippen molar-refractivity contribution < 1.29 is 24.1 Å². The Balaban J connectivity index is 0.00000163. The Hall–Kier alpha value is -2.82. The Morgan fingerprint density at radius 3 is 1.73 bits per heavy atom. The van der Waals surface area contributed by atoms with Gasteiger partial charge in [0.15, 0.2) is 23.0 Å². The molecular formula is C21H28O5. The van der Waals surface area contributed by atoms with Gasteiger partial charge in [-0.2, -0.15) is 0 Å². The molecule has 2 aromatic carbocycles. The second-order valence-corrected chi connectivity index (χ2v) is 5.17. The minimum Gasteiger partial charge on any atom is -0.504 e. The van der Waals surface area contributed by atoms with Crippen LogP contribution < -0.4 is 18.9 Å². The van der Waals surface area contributed by atoms with Crippen molar-refractivity contribution in [3.8, 4) is 28.7 Å². The molecule has 0 aliphatic rings. The molecule has 26 heavy (non-hydrogen) atoms. The van der Waals surface area contributed by atoms with E-state index in [1.165, 1.54) is 7.11 Å². The number of aromatic hydroxyl groups is 1. The number of aryl methyl sites for hydroxylation is 1. The lowest BCUT2D eigenvalue weighted by atomic mass is 10.1. The zero-order chi connectivity index (χ0) is 19.7. The molecule has 0 radical (unpaired) electrons. The summed E-state index contributed by atoms with van der Waals surface area (Å²) in [7, 11) is 6.26. The zero-order valence-corrected chi connectivity index (χ0v) is 16.5. The average molecular weight is 360 g/mol. The van der Waals surface area contributed by atoms with Gasteiger partial charge in [-0.1, -0.05) is 26.0 Å². The molecule has 2 aromatic rings. The molecule has 0 fully saturated rings. The third-order valence-corrected chi connectivity index (χ3v) is 3.71. The van der Waals surface area contributed by atoms with Crippen LogP contribution in [-0.2, 0) is 0 Å². The summed E-state index contributed by atoms with van der Waals surface area (Å²) in [5.41, 5.74) is 2.78. The first kappa shape index (κ1) is 21.2. The number of hydrogen-bond acceptors (Lipinski definition) is 5. The van der Waals surface area contributed by atoms with Gasteiger partial charge in [0.1, 0.15) is 0 Å². The first-order chi connectivity index (χ1) is 12.5. The van der Waals surface area contributed by atoms with E-state index in [4.69, 9.17) is 18.9 Å². The van der Waals surface area contributed by atoms with Crippen molar-refractivity contribution in [2.75, 3.05) is 28.4 Å². The first-order valence-electron chi connectivity index (χ1n) is 8.39. The first-order valence-corrected chi connectivity index (χ1v) is 8.39. The Bertz CT molecular complexity index is 725. The summed E-state index contributed by atoms with van der Waals surface area (Å²) in [6, 6.07) is 7.20.